The molecule has 0 aliphatic rings. The van der Waals surface area contributed by atoms with Gasteiger partial charge in [-0.3, -0.25) is 0 Å². The minimum atomic E-state index is -0.451. The highest BCUT2D eigenvalue weighted by atomic mass is 16.5. The molecular weight excluding hydrogens is 242 g/mol. The van der Waals surface area contributed by atoms with Crippen LogP contribution in [0.5, 0.6) is 0 Å². The summed E-state index contributed by atoms with van der Waals surface area (Å²) in [6.45, 7) is 0. The first-order valence-corrected chi connectivity index (χ1v) is 5.53. The zero-order valence-corrected chi connectivity index (χ0v) is 10.3. The van der Waals surface area contributed by atoms with Crippen LogP contribution in [0, 0.1) is 11.3 Å². The molecule has 2 rings (SSSR count). The van der Waals surface area contributed by atoms with E-state index in [9.17, 15) is 4.79 Å². The number of carbonyl (C=O) groups excluding carboxylic acids is 1. The number of nitriles is 1. The van der Waals surface area contributed by atoms with Crippen molar-refractivity contribution in [1.82, 2.24) is 9.55 Å². The van der Waals surface area contributed by atoms with E-state index in [1.165, 1.54) is 13.2 Å². The smallest absolute Gasteiger partial charge is 0.332 e. The van der Waals surface area contributed by atoms with Crippen molar-refractivity contribution < 1.29 is 9.53 Å². The van der Waals surface area contributed by atoms with Crippen molar-refractivity contribution in [3.05, 3.63) is 60.2 Å². The zero-order chi connectivity index (χ0) is 13.7. The summed E-state index contributed by atoms with van der Waals surface area (Å²) in [4.78, 5) is 15.4. The fourth-order valence-electron chi connectivity index (χ4n) is 1.59. The van der Waals surface area contributed by atoms with Gasteiger partial charge in [0, 0.05) is 18.5 Å². The van der Waals surface area contributed by atoms with E-state index in [1.807, 2.05) is 6.07 Å². The Morgan fingerprint density at radius 1 is 1.42 bits per heavy atom. The van der Waals surface area contributed by atoms with Gasteiger partial charge in [-0.1, -0.05) is 12.1 Å². The van der Waals surface area contributed by atoms with Gasteiger partial charge >= 0.3 is 5.97 Å². The lowest BCUT2D eigenvalue weighted by Crippen LogP contribution is -2.02. The summed E-state index contributed by atoms with van der Waals surface area (Å²) >= 11 is 0. The van der Waals surface area contributed by atoms with Gasteiger partial charge in [0.05, 0.1) is 30.8 Å². The van der Waals surface area contributed by atoms with Crippen molar-refractivity contribution in [1.29, 1.82) is 5.26 Å². The van der Waals surface area contributed by atoms with Gasteiger partial charge in [-0.2, -0.15) is 5.26 Å². The maximum Gasteiger partial charge on any atom is 0.332 e. The Kier molecular flexibility index (Phi) is 3.74. The van der Waals surface area contributed by atoms with E-state index in [4.69, 9.17) is 5.26 Å². The molecule has 0 saturated carbocycles. The molecule has 0 atom stereocenters. The van der Waals surface area contributed by atoms with Crippen LogP contribution < -0.4 is 0 Å². The van der Waals surface area contributed by atoms with Crippen LogP contribution in [0.15, 0.2) is 49.1 Å². The van der Waals surface area contributed by atoms with E-state index in [0.717, 1.165) is 5.56 Å². The summed E-state index contributed by atoms with van der Waals surface area (Å²) in [6, 6.07) is 8.98. The quantitative estimate of drug-likeness (QED) is 0.618. The van der Waals surface area contributed by atoms with Crippen molar-refractivity contribution >= 4 is 11.7 Å². The minimum absolute atomic E-state index is 0.451. The summed E-state index contributed by atoms with van der Waals surface area (Å²) in [5.41, 5.74) is 1.99. The molecule has 0 fully saturated rings. The van der Waals surface area contributed by atoms with Gasteiger partial charge in [0.25, 0.3) is 0 Å². The lowest BCUT2D eigenvalue weighted by molar-refractivity contribution is -0.134. The Bertz CT molecular complexity index is 634. The average molecular weight is 253 g/mol. The van der Waals surface area contributed by atoms with Gasteiger partial charge in [-0.05, 0) is 17.7 Å². The van der Waals surface area contributed by atoms with Crippen LogP contribution in [0.25, 0.3) is 5.70 Å². The average Bonchev–Trinajstić information content (AvgIpc) is 2.98. The Labute approximate surface area is 110 Å². The zero-order valence-electron chi connectivity index (χ0n) is 10.3. The molecule has 0 amide bonds. The van der Waals surface area contributed by atoms with Gasteiger partial charge in [-0.15, -0.1) is 0 Å². The number of carbonyl (C=O) groups is 1. The van der Waals surface area contributed by atoms with Gasteiger partial charge in [0.15, 0.2) is 0 Å². The number of aromatic nitrogens is 2. The Morgan fingerprint density at radius 3 is 2.68 bits per heavy atom. The number of methoxy groups -OCH3 is 1. The third-order valence-corrected chi connectivity index (χ3v) is 2.55. The Hall–Kier alpha value is -2.87. The molecule has 1 aromatic heterocycles. The summed E-state index contributed by atoms with van der Waals surface area (Å²) < 4.78 is 6.35. The predicted octanol–water partition coefficient (Wildman–Crippen LogP) is 1.82. The van der Waals surface area contributed by atoms with Gasteiger partial charge in [0.1, 0.15) is 0 Å². The van der Waals surface area contributed by atoms with Crippen LogP contribution in [0.4, 0.5) is 0 Å². The molecule has 94 valence electrons. The van der Waals surface area contributed by atoms with Crippen molar-refractivity contribution in [2.45, 2.75) is 0 Å². The number of hydrogen-bond donors (Lipinski definition) is 0. The molecular formula is C14H11N3O2. The van der Waals surface area contributed by atoms with Crippen molar-refractivity contribution in [3.63, 3.8) is 0 Å². The molecule has 5 nitrogen and oxygen atoms in total. The first-order valence-electron chi connectivity index (χ1n) is 5.53. The standard InChI is InChI=1S/C14H11N3O2/c1-19-14(18)8-13(17-7-6-16-10-17)12-4-2-11(9-15)3-5-12/h2-8,10H,1H3/b13-8+. The lowest BCUT2D eigenvalue weighted by Gasteiger charge is -2.08. The second-order valence-electron chi connectivity index (χ2n) is 3.71. The first kappa shape index (κ1) is 12.6. The van der Waals surface area contributed by atoms with Crippen molar-refractivity contribution in [3.8, 4) is 6.07 Å². The summed E-state index contributed by atoms with van der Waals surface area (Å²) in [5.74, 6) is -0.451. The first-order chi connectivity index (χ1) is 9.24. The van der Waals surface area contributed by atoms with Crippen LogP contribution in [0.2, 0.25) is 0 Å². The maximum absolute atomic E-state index is 11.4. The minimum Gasteiger partial charge on any atom is -0.466 e. The largest absolute Gasteiger partial charge is 0.466 e. The molecule has 1 heterocycles. The molecule has 0 aliphatic carbocycles. The third-order valence-electron chi connectivity index (χ3n) is 2.55. The van der Waals surface area contributed by atoms with Crippen molar-refractivity contribution in [2.75, 3.05) is 7.11 Å². The molecule has 0 saturated heterocycles. The molecule has 5 heteroatoms. The van der Waals surface area contributed by atoms with E-state index in [-0.39, 0.29) is 0 Å². The summed E-state index contributed by atoms with van der Waals surface area (Å²) in [7, 11) is 1.32. The third kappa shape index (κ3) is 2.87. The van der Waals surface area contributed by atoms with Crippen LogP contribution in [0.3, 0.4) is 0 Å². The van der Waals surface area contributed by atoms with Gasteiger partial charge in [0.2, 0.25) is 0 Å². The second kappa shape index (κ2) is 5.65. The molecule has 0 spiro atoms. The fourth-order valence-corrected chi connectivity index (χ4v) is 1.59. The molecule has 0 aliphatic heterocycles. The number of rotatable bonds is 3. The van der Waals surface area contributed by atoms with Gasteiger partial charge in [-0.25, -0.2) is 9.78 Å². The molecule has 0 bridgehead atoms. The number of nitrogens with zero attached hydrogens (tertiary/aromatic N) is 3. The number of esters is 1. The van der Waals surface area contributed by atoms with Crippen LogP contribution in [-0.4, -0.2) is 22.6 Å². The van der Waals surface area contributed by atoms with Crippen LogP contribution in [-0.2, 0) is 9.53 Å². The van der Waals surface area contributed by atoms with E-state index in [1.54, 1.807) is 47.6 Å². The Balaban J connectivity index is 2.46. The van der Waals surface area contributed by atoms with Crippen LogP contribution >= 0.6 is 0 Å². The number of ether oxygens (including phenoxy) is 1. The van der Waals surface area contributed by atoms with E-state index in [2.05, 4.69) is 9.72 Å². The van der Waals surface area contributed by atoms with E-state index >= 15 is 0 Å². The molecule has 2 aromatic rings. The van der Waals surface area contributed by atoms with Crippen molar-refractivity contribution in [2.24, 2.45) is 0 Å². The molecule has 0 radical (unpaired) electrons. The number of imidazole rings is 1. The fraction of sp³-hybridized carbons (Fsp3) is 0.0714. The van der Waals surface area contributed by atoms with E-state index in [0.29, 0.717) is 11.3 Å². The lowest BCUT2D eigenvalue weighted by atomic mass is 10.1. The maximum atomic E-state index is 11.4. The second-order valence-corrected chi connectivity index (χ2v) is 3.71. The predicted molar refractivity (Wildman–Crippen MR) is 68.8 cm³/mol. The van der Waals surface area contributed by atoms with Crippen LogP contribution in [0.1, 0.15) is 11.1 Å². The number of benzene rings is 1. The highest BCUT2D eigenvalue weighted by molar-refractivity contribution is 5.91. The topological polar surface area (TPSA) is 67.9 Å². The number of hydrogen-bond acceptors (Lipinski definition) is 4. The highest BCUT2D eigenvalue weighted by Crippen LogP contribution is 2.17. The normalized spacial score (nSPS) is 10.8. The van der Waals surface area contributed by atoms with E-state index < -0.39 is 5.97 Å². The molecule has 19 heavy (non-hydrogen) atoms. The SMILES string of the molecule is COC(=O)/C=C(\c1ccc(C#N)cc1)n1ccnc1. The van der Waals surface area contributed by atoms with Gasteiger partial charge < -0.3 is 9.30 Å². The highest BCUT2D eigenvalue weighted by Gasteiger charge is 2.07. The summed E-state index contributed by atoms with van der Waals surface area (Å²) in [6.07, 6.45) is 6.32. The monoisotopic (exact) mass is 253 g/mol. The molecule has 0 unspecified atom stereocenters. The molecule has 1 aromatic carbocycles. The molecule has 0 N–H and O–H groups in total. The Morgan fingerprint density at radius 2 is 2.16 bits per heavy atom. The summed E-state index contributed by atoms with van der Waals surface area (Å²) in [5, 5.41) is 8.78.